The summed E-state index contributed by atoms with van der Waals surface area (Å²) in [6.45, 7) is 2.60. The van der Waals surface area contributed by atoms with E-state index in [1.54, 1.807) is 11.3 Å². The average molecular weight is 324 g/mol. The van der Waals surface area contributed by atoms with Crippen LogP contribution in [-0.4, -0.2) is 33.7 Å². The number of nitrogen functional groups attached to an aromatic ring is 1. The van der Waals surface area contributed by atoms with Gasteiger partial charge in [0.1, 0.15) is 10.8 Å². The van der Waals surface area contributed by atoms with Gasteiger partial charge in [0.25, 0.3) is 0 Å². The Bertz CT molecular complexity index is 631. The van der Waals surface area contributed by atoms with Gasteiger partial charge in [-0.3, -0.25) is 0 Å². The van der Waals surface area contributed by atoms with Crippen LogP contribution in [-0.2, 0) is 0 Å². The Labute approximate surface area is 132 Å². The van der Waals surface area contributed by atoms with Crippen LogP contribution < -0.4 is 10.6 Å². The molecule has 0 spiro atoms. The van der Waals surface area contributed by atoms with Gasteiger partial charge < -0.3 is 15.7 Å². The number of thiazole rings is 1. The Morgan fingerprint density at radius 1 is 1.43 bits per heavy atom. The van der Waals surface area contributed by atoms with Crippen molar-refractivity contribution >= 4 is 33.7 Å². The highest BCUT2D eigenvalue weighted by Gasteiger charge is 2.33. The predicted octanol–water partition coefficient (Wildman–Crippen LogP) is 2.90. The highest BCUT2D eigenvalue weighted by molar-refractivity contribution is 7.11. The zero-order chi connectivity index (χ0) is 15.0. The third kappa shape index (κ3) is 2.90. The molecule has 0 bridgehead atoms. The minimum absolute atomic E-state index is 0.519. The summed E-state index contributed by atoms with van der Waals surface area (Å²) in [5.74, 6) is 0.519. The van der Waals surface area contributed by atoms with Gasteiger partial charge in [-0.15, -0.1) is 11.3 Å². The number of aromatic nitrogens is 2. The van der Waals surface area contributed by atoms with E-state index in [9.17, 15) is 5.11 Å². The Morgan fingerprint density at radius 2 is 2.14 bits per heavy atom. The number of aryl methyl sites for hydroxylation is 1. The Morgan fingerprint density at radius 3 is 2.76 bits per heavy atom. The lowest BCUT2D eigenvalue weighted by molar-refractivity contribution is 0.0561. The first-order valence-electron chi connectivity index (χ1n) is 7.10. The number of hydrogen-bond acceptors (Lipinski definition) is 7. The molecule has 3 rings (SSSR count). The van der Waals surface area contributed by atoms with E-state index in [2.05, 4.69) is 14.3 Å². The molecule has 3 N–H and O–H groups in total. The van der Waals surface area contributed by atoms with Crippen LogP contribution in [0, 0.1) is 6.92 Å². The normalized spacial score (nSPS) is 17.3. The first kappa shape index (κ1) is 14.7. The summed E-state index contributed by atoms with van der Waals surface area (Å²) in [5.41, 5.74) is 7.23. The molecular weight excluding hydrogens is 304 g/mol. The molecular formula is C14H20N4OS2. The predicted molar refractivity (Wildman–Crippen MR) is 89.1 cm³/mol. The second kappa shape index (κ2) is 5.55. The minimum Gasteiger partial charge on any atom is -0.388 e. The summed E-state index contributed by atoms with van der Waals surface area (Å²) in [6, 6.07) is 0. The van der Waals surface area contributed by atoms with E-state index in [-0.39, 0.29) is 0 Å². The highest BCUT2D eigenvalue weighted by Crippen LogP contribution is 2.40. The number of anilines is 2. The zero-order valence-corrected chi connectivity index (χ0v) is 13.9. The lowest BCUT2D eigenvalue weighted by atomic mass is 10.0. The second-order valence-corrected chi connectivity index (χ2v) is 7.60. The van der Waals surface area contributed by atoms with Crippen LogP contribution in [0.5, 0.6) is 0 Å². The zero-order valence-electron chi connectivity index (χ0n) is 12.3. The number of nitrogens with zero attached hydrogens (tertiary/aromatic N) is 3. The Kier molecular flexibility index (Phi) is 3.90. The van der Waals surface area contributed by atoms with Crippen LogP contribution in [0.15, 0.2) is 5.38 Å². The Balaban J connectivity index is 1.88. The van der Waals surface area contributed by atoms with Gasteiger partial charge in [0.15, 0.2) is 0 Å². The van der Waals surface area contributed by atoms with Crippen molar-refractivity contribution in [2.75, 3.05) is 24.2 Å². The van der Waals surface area contributed by atoms with Gasteiger partial charge in [0, 0.05) is 19.0 Å². The van der Waals surface area contributed by atoms with E-state index >= 15 is 0 Å². The molecule has 0 unspecified atom stereocenters. The third-order valence-corrected chi connectivity index (χ3v) is 5.74. The lowest BCUT2D eigenvalue weighted by Crippen LogP contribution is -2.39. The molecule has 0 saturated heterocycles. The maximum absolute atomic E-state index is 10.6. The van der Waals surface area contributed by atoms with Crippen LogP contribution in [0.25, 0.3) is 11.3 Å². The van der Waals surface area contributed by atoms with Crippen LogP contribution >= 0.6 is 22.9 Å². The average Bonchev–Trinajstić information content (AvgIpc) is 3.10. The van der Waals surface area contributed by atoms with E-state index in [1.807, 2.05) is 19.4 Å². The molecule has 0 aliphatic heterocycles. The van der Waals surface area contributed by atoms with Gasteiger partial charge in [-0.2, -0.15) is 4.37 Å². The number of rotatable bonds is 4. The molecule has 0 atom stereocenters. The molecule has 0 radical (unpaired) electrons. The molecule has 2 heterocycles. The number of likely N-dealkylation sites (N-methyl/N-ethyl adjacent to an activating group) is 1. The fourth-order valence-corrected chi connectivity index (χ4v) is 4.36. The molecule has 2 aromatic rings. The second-order valence-electron chi connectivity index (χ2n) is 5.79. The third-order valence-electron chi connectivity index (χ3n) is 3.99. The fourth-order valence-electron chi connectivity index (χ4n) is 2.98. The smallest absolute Gasteiger partial charge is 0.148 e. The highest BCUT2D eigenvalue weighted by atomic mass is 32.1. The first-order chi connectivity index (χ1) is 9.98. The van der Waals surface area contributed by atoms with Crippen molar-refractivity contribution in [3.05, 3.63) is 10.4 Å². The number of aliphatic hydroxyl groups is 1. The van der Waals surface area contributed by atoms with Crippen LogP contribution in [0.4, 0.5) is 10.8 Å². The maximum atomic E-state index is 10.6. The van der Waals surface area contributed by atoms with Crippen molar-refractivity contribution < 1.29 is 5.11 Å². The first-order valence-corrected chi connectivity index (χ1v) is 8.75. The van der Waals surface area contributed by atoms with E-state index in [0.717, 1.165) is 46.9 Å². The Hall–Kier alpha value is -1.18. The van der Waals surface area contributed by atoms with Crippen molar-refractivity contribution in [3.63, 3.8) is 0 Å². The SMILES string of the molecule is Cc1nc(-c2c(N)nsc2N(C)CC2(O)CCCC2)cs1. The van der Waals surface area contributed by atoms with Gasteiger partial charge in [-0.1, -0.05) is 12.8 Å². The van der Waals surface area contributed by atoms with Gasteiger partial charge in [0.2, 0.25) is 0 Å². The van der Waals surface area contributed by atoms with Crippen molar-refractivity contribution in [1.29, 1.82) is 0 Å². The summed E-state index contributed by atoms with van der Waals surface area (Å²) < 4.78 is 4.28. The quantitative estimate of drug-likeness (QED) is 0.904. The van der Waals surface area contributed by atoms with Crippen LogP contribution in [0.1, 0.15) is 30.7 Å². The van der Waals surface area contributed by atoms with Gasteiger partial charge in [0.05, 0.1) is 21.9 Å². The summed E-state index contributed by atoms with van der Waals surface area (Å²) in [4.78, 5) is 6.59. The van der Waals surface area contributed by atoms with E-state index in [4.69, 9.17) is 5.73 Å². The standard InChI is InChI=1S/C14H20N4OS2/c1-9-16-10(7-20-9)11-12(15)17-21-13(11)18(2)8-14(19)5-3-4-6-14/h7,19H,3-6,8H2,1-2H3,(H2,15,17). The lowest BCUT2D eigenvalue weighted by Gasteiger charge is -2.29. The molecule has 1 fully saturated rings. The molecule has 0 amide bonds. The summed E-state index contributed by atoms with van der Waals surface area (Å²) in [5, 5.41) is 14.6. The molecule has 21 heavy (non-hydrogen) atoms. The summed E-state index contributed by atoms with van der Waals surface area (Å²) in [7, 11) is 1.99. The number of hydrogen-bond donors (Lipinski definition) is 2. The minimum atomic E-state index is -0.581. The molecule has 0 aromatic carbocycles. The van der Waals surface area contributed by atoms with Crippen molar-refractivity contribution in [1.82, 2.24) is 9.36 Å². The summed E-state index contributed by atoms with van der Waals surface area (Å²) >= 11 is 2.98. The molecule has 1 saturated carbocycles. The van der Waals surface area contributed by atoms with Crippen molar-refractivity contribution in [2.45, 2.75) is 38.2 Å². The van der Waals surface area contributed by atoms with Crippen molar-refractivity contribution in [3.8, 4) is 11.3 Å². The molecule has 5 nitrogen and oxygen atoms in total. The van der Waals surface area contributed by atoms with Crippen molar-refractivity contribution in [2.24, 2.45) is 0 Å². The summed E-state index contributed by atoms with van der Waals surface area (Å²) in [6.07, 6.45) is 3.95. The molecule has 7 heteroatoms. The molecule has 2 aromatic heterocycles. The van der Waals surface area contributed by atoms with Crippen LogP contribution in [0.2, 0.25) is 0 Å². The number of nitrogens with two attached hydrogens (primary N) is 1. The van der Waals surface area contributed by atoms with Gasteiger partial charge in [-0.25, -0.2) is 4.98 Å². The van der Waals surface area contributed by atoms with Crippen LogP contribution in [0.3, 0.4) is 0 Å². The van der Waals surface area contributed by atoms with Gasteiger partial charge >= 0.3 is 0 Å². The van der Waals surface area contributed by atoms with E-state index in [1.165, 1.54) is 11.5 Å². The maximum Gasteiger partial charge on any atom is 0.148 e. The largest absolute Gasteiger partial charge is 0.388 e. The molecule has 1 aliphatic rings. The van der Waals surface area contributed by atoms with Gasteiger partial charge in [-0.05, 0) is 31.3 Å². The fraction of sp³-hybridized carbons (Fsp3) is 0.571. The van der Waals surface area contributed by atoms with E-state index < -0.39 is 5.60 Å². The van der Waals surface area contributed by atoms with E-state index in [0.29, 0.717) is 12.4 Å². The molecule has 1 aliphatic carbocycles. The monoisotopic (exact) mass is 324 g/mol. The topological polar surface area (TPSA) is 75.3 Å². The molecule has 114 valence electrons.